The molecule has 0 aliphatic carbocycles. The summed E-state index contributed by atoms with van der Waals surface area (Å²) in [6.45, 7) is 11.2. The van der Waals surface area contributed by atoms with E-state index in [0.29, 0.717) is 24.5 Å². The third kappa shape index (κ3) is 4.51. The molecule has 1 fully saturated rings. The number of nitrogens with one attached hydrogen (secondary N) is 1. The molecule has 1 saturated heterocycles. The summed E-state index contributed by atoms with van der Waals surface area (Å²) in [5.74, 6) is 0.420. The molecule has 1 aliphatic rings. The molecule has 1 atom stereocenters. The maximum atomic E-state index is 13.4. The van der Waals surface area contributed by atoms with Crippen LogP contribution in [-0.2, 0) is 5.54 Å². The Hall–Kier alpha value is -3.59. The van der Waals surface area contributed by atoms with E-state index in [4.69, 9.17) is 0 Å². The van der Waals surface area contributed by atoms with Gasteiger partial charge in [-0.05, 0) is 85.5 Å². The van der Waals surface area contributed by atoms with Crippen molar-refractivity contribution in [3.05, 3.63) is 81.7 Å². The molecule has 0 amide bonds. The minimum absolute atomic E-state index is 0.138. The third-order valence-electron chi connectivity index (χ3n) is 7.37. The molecule has 3 heterocycles. The number of aryl methyl sites for hydroxylation is 1. The fourth-order valence-electron chi connectivity index (χ4n) is 4.88. The summed E-state index contributed by atoms with van der Waals surface area (Å²) < 4.78 is 15.3. The van der Waals surface area contributed by atoms with Crippen LogP contribution in [0.2, 0.25) is 0 Å². The highest BCUT2D eigenvalue weighted by molar-refractivity contribution is 5.79. The number of hydrogen-bond acceptors (Lipinski definition) is 6. The van der Waals surface area contributed by atoms with E-state index in [-0.39, 0.29) is 16.9 Å². The maximum Gasteiger partial charge on any atom is 0.253 e. The Morgan fingerprint density at radius 2 is 1.78 bits per heavy atom. The molecule has 0 radical (unpaired) electrons. The van der Waals surface area contributed by atoms with Crippen LogP contribution in [0.15, 0.2) is 53.3 Å². The number of piperazine rings is 1. The lowest BCUT2D eigenvalue weighted by Gasteiger charge is -2.40. The maximum absolute atomic E-state index is 13.4. The smallest absolute Gasteiger partial charge is 0.253 e. The second-order valence-corrected chi connectivity index (χ2v) is 10.2. The molecule has 1 unspecified atom stereocenters. The number of aromatic amines is 1. The number of tetrazole rings is 1. The first-order chi connectivity index (χ1) is 17.3. The predicted molar refractivity (Wildman–Crippen MR) is 139 cm³/mol. The van der Waals surface area contributed by atoms with Crippen molar-refractivity contribution in [2.24, 2.45) is 0 Å². The Labute approximate surface area is 209 Å². The Kier molecular flexibility index (Phi) is 6.34. The van der Waals surface area contributed by atoms with Crippen molar-refractivity contribution >= 4 is 16.6 Å². The summed E-state index contributed by atoms with van der Waals surface area (Å²) in [5, 5.41) is 13.8. The minimum Gasteiger partial charge on any atom is -0.369 e. The second-order valence-electron chi connectivity index (χ2n) is 10.2. The average Bonchev–Trinajstić information content (AvgIpc) is 3.36. The number of anilines is 1. The number of H-pyrrole nitrogens is 1. The molecule has 0 bridgehead atoms. The quantitative estimate of drug-likeness (QED) is 0.441. The first kappa shape index (κ1) is 24.1. The molecule has 1 aliphatic heterocycles. The van der Waals surface area contributed by atoms with Crippen LogP contribution >= 0.6 is 0 Å². The second kappa shape index (κ2) is 9.46. The van der Waals surface area contributed by atoms with Gasteiger partial charge in [-0.15, -0.1) is 5.10 Å². The number of nitrogens with zero attached hydrogens (tertiary/aromatic N) is 6. The van der Waals surface area contributed by atoms with Crippen LogP contribution in [-0.4, -0.2) is 56.3 Å². The fraction of sp³-hybridized carbons (Fsp3) is 0.407. The molecule has 2 aromatic heterocycles. The van der Waals surface area contributed by atoms with Crippen LogP contribution in [0.3, 0.4) is 0 Å². The van der Waals surface area contributed by atoms with Gasteiger partial charge in [-0.1, -0.05) is 18.6 Å². The average molecular weight is 490 g/mol. The zero-order valence-electron chi connectivity index (χ0n) is 21.2. The van der Waals surface area contributed by atoms with Gasteiger partial charge in [0.25, 0.3) is 5.56 Å². The van der Waals surface area contributed by atoms with Crippen LogP contribution in [0.4, 0.5) is 10.1 Å². The van der Waals surface area contributed by atoms with Crippen LogP contribution in [0, 0.1) is 12.7 Å². The fourth-order valence-corrected chi connectivity index (χ4v) is 4.88. The molecule has 8 nitrogen and oxygen atoms in total. The number of rotatable bonds is 6. The Bertz CT molecular complexity index is 1420. The summed E-state index contributed by atoms with van der Waals surface area (Å²) in [6, 6.07) is 14.2. The highest BCUT2D eigenvalue weighted by Gasteiger charge is 2.35. The van der Waals surface area contributed by atoms with Gasteiger partial charge in [0.15, 0.2) is 5.82 Å². The number of fused-ring (bicyclic) bond motifs is 1. The van der Waals surface area contributed by atoms with Crippen molar-refractivity contribution in [1.82, 2.24) is 30.1 Å². The van der Waals surface area contributed by atoms with Crippen LogP contribution in [0.1, 0.15) is 50.2 Å². The normalized spacial score (nSPS) is 16.0. The van der Waals surface area contributed by atoms with Gasteiger partial charge < -0.3 is 9.88 Å². The van der Waals surface area contributed by atoms with E-state index in [1.807, 2.05) is 41.9 Å². The number of hydrogen-bond donors (Lipinski definition) is 1. The van der Waals surface area contributed by atoms with Gasteiger partial charge in [-0.25, -0.2) is 9.07 Å². The van der Waals surface area contributed by atoms with Gasteiger partial charge in [-0.3, -0.25) is 9.69 Å². The summed E-state index contributed by atoms with van der Waals surface area (Å²) in [5.41, 5.74) is 3.10. The van der Waals surface area contributed by atoms with Crippen molar-refractivity contribution in [2.75, 3.05) is 31.1 Å². The van der Waals surface area contributed by atoms with Gasteiger partial charge >= 0.3 is 0 Å². The van der Waals surface area contributed by atoms with Gasteiger partial charge in [0.2, 0.25) is 0 Å². The number of halogens is 1. The van der Waals surface area contributed by atoms with E-state index in [0.717, 1.165) is 41.7 Å². The summed E-state index contributed by atoms with van der Waals surface area (Å²) >= 11 is 0. The molecular formula is C27H32FN7O. The lowest BCUT2D eigenvalue weighted by molar-refractivity contribution is 0.186. The zero-order valence-corrected chi connectivity index (χ0v) is 21.2. The largest absolute Gasteiger partial charge is 0.369 e. The first-order valence-corrected chi connectivity index (χ1v) is 12.4. The van der Waals surface area contributed by atoms with Crippen molar-refractivity contribution in [3.8, 4) is 0 Å². The topological polar surface area (TPSA) is 82.9 Å². The number of benzene rings is 2. The predicted octanol–water partition coefficient (Wildman–Crippen LogP) is 4.02. The van der Waals surface area contributed by atoms with Crippen molar-refractivity contribution in [3.63, 3.8) is 0 Å². The number of aromatic nitrogens is 5. The monoisotopic (exact) mass is 489 g/mol. The van der Waals surface area contributed by atoms with Crippen LogP contribution in [0.25, 0.3) is 10.9 Å². The van der Waals surface area contributed by atoms with Gasteiger partial charge in [0, 0.05) is 42.9 Å². The third-order valence-corrected chi connectivity index (χ3v) is 7.37. The highest BCUT2D eigenvalue weighted by Crippen LogP contribution is 2.32. The van der Waals surface area contributed by atoms with E-state index in [1.54, 1.807) is 0 Å². The highest BCUT2D eigenvalue weighted by atomic mass is 19.1. The Balaban J connectivity index is 1.56. The molecular weight excluding hydrogens is 457 g/mol. The van der Waals surface area contributed by atoms with E-state index in [1.165, 1.54) is 12.1 Å². The van der Waals surface area contributed by atoms with Crippen molar-refractivity contribution in [2.45, 2.75) is 45.7 Å². The Morgan fingerprint density at radius 3 is 2.47 bits per heavy atom. The lowest BCUT2D eigenvalue weighted by Crippen LogP contribution is -2.49. The molecule has 9 heteroatoms. The van der Waals surface area contributed by atoms with Crippen LogP contribution < -0.4 is 10.5 Å². The van der Waals surface area contributed by atoms with E-state index in [2.05, 4.69) is 57.1 Å². The SMILES string of the molecule is CCC(C)(C)n1nnnc1C(c1cc2cc(C)ccc2[nH]c1=O)N1CCN(c2ccc(F)cc2)CC1. The van der Waals surface area contributed by atoms with Crippen molar-refractivity contribution < 1.29 is 4.39 Å². The molecule has 188 valence electrons. The molecule has 0 spiro atoms. The van der Waals surface area contributed by atoms with E-state index < -0.39 is 6.04 Å². The van der Waals surface area contributed by atoms with Crippen LogP contribution in [0.5, 0.6) is 0 Å². The Morgan fingerprint density at radius 1 is 1.06 bits per heavy atom. The molecule has 0 saturated carbocycles. The molecule has 4 aromatic rings. The lowest BCUT2D eigenvalue weighted by atomic mass is 9.98. The molecule has 36 heavy (non-hydrogen) atoms. The van der Waals surface area contributed by atoms with E-state index in [9.17, 15) is 9.18 Å². The van der Waals surface area contributed by atoms with Gasteiger partial charge in [0.1, 0.15) is 11.9 Å². The minimum atomic E-state index is -0.408. The van der Waals surface area contributed by atoms with Crippen molar-refractivity contribution in [1.29, 1.82) is 0 Å². The summed E-state index contributed by atoms with van der Waals surface area (Å²) in [4.78, 5) is 21.0. The molecule has 5 rings (SSSR count). The summed E-state index contributed by atoms with van der Waals surface area (Å²) in [6.07, 6.45) is 0.837. The summed E-state index contributed by atoms with van der Waals surface area (Å²) in [7, 11) is 0. The molecule has 2 aromatic carbocycles. The van der Waals surface area contributed by atoms with Gasteiger partial charge in [-0.2, -0.15) is 0 Å². The number of pyridine rings is 1. The first-order valence-electron chi connectivity index (χ1n) is 12.4. The zero-order chi connectivity index (χ0) is 25.4. The standard InChI is InChI=1S/C27H32FN7O/c1-5-27(3,4)35-25(30-31-32-35)24(22-17-19-16-18(2)6-11-23(19)29-26(22)36)34-14-12-33(13-15-34)21-9-7-20(28)8-10-21/h6-11,16-17,24H,5,12-15H2,1-4H3,(H,29,36). The van der Waals surface area contributed by atoms with E-state index >= 15 is 0 Å². The van der Waals surface area contributed by atoms with Gasteiger partial charge in [0.05, 0.1) is 5.54 Å². The molecule has 1 N–H and O–H groups in total.